The Hall–Kier alpha value is -3.53. The number of amides is 1. The first-order valence-electron chi connectivity index (χ1n) is 9.56. The molecule has 10 heteroatoms. The number of nitrogens with zero attached hydrogens (tertiary/aromatic N) is 5. The number of pyridine rings is 1. The summed E-state index contributed by atoms with van der Waals surface area (Å²) in [7, 11) is 0. The van der Waals surface area contributed by atoms with Gasteiger partial charge in [-0.25, -0.2) is 18.9 Å². The third-order valence-corrected chi connectivity index (χ3v) is 5.30. The summed E-state index contributed by atoms with van der Waals surface area (Å²) in [5.74, 6) is -0.646. The molecule has 1 amide bonds. The van der Waals surface area contributed by atoms with E-state index in [9.17, 15) is 14.3 Å². The zero-order valence-corrected chi connectivity index (χ0v) is 16.3. The van der Waals surface area contributed by atoms with Crippen LogP contribution in [-0.2, 0) is 6.42 Å². The molecule has 4 aromatic rings. The normalized spacial score (nSPS) is 17.3. The summed E-state index contributed by atoms with van der Waals surface area (Å²) in [6.45, 7) is 3.56. The molecule has 0 aromatic carbocycles. The van der Waals surface area contributed by atoms with Gasteiger partial charge in [0.05, 0.1) is 23.4 Å². The summed E-state index contributed by atoms with van der Waals surface area (Å²) < 4.78 is 21.2. The predicted molar refractivity (Wildman–Crippen MR) is 102 cm³/mol. The first kappa shape index (κ1) is 18.5. The molecule has 0 fully saturated rings. The van der Waals surface area contributed by atoms with E-state index in [2.05, 4.69) is 20.1 Å². The third-order valence-electron chi connectivity index (χ3n) is 5.30. The highest BCUT2D eigenvalue weighted by Gasteiger charge is 2.38. The minimum atomic E-state index is -0.929. The van der Waals surface area contributed by atoms with E-state index in [0.717, 1.165) is 5.69 Å². The number of nitrogens with one attached hydrogen (secondary N) is 1. The molecule has 9 nitrogen and oxygen atoms in total. The van der Waals surface area contributed by atoms with Gasteiger partial charge in [-0.05, 0) is 32.0 Å². The molecule has 0 spiro atoms. The Balaban J connectivity index is 1.62. The number of fused-ring (bicyclic) bond motifs is 2. The molecular formula is C20H19FN6O3. The SMILES string of the molecule is Cc1nc([C@@H](C)O)oc1C(=O)N1CCc2[nH]cnc2C1c1cc2c(F)cccn2n1. The fourth-order valence-electron chi connectivity index (χ4n) is 3.85. The monoisotopic (exact) mass is 410 g/mol. The predicted octanol–water partition coefficient (Wildman–Crippen LogP) is 2.33. The topological polar surface area (TPSA) is 113 Å². The maximum absolute atomic E-state index is 14.2. The van der Waals surface area contributed by atoms with Crippen molar-refractivity contribution in [3.8, 4) is 0 Å². The largest absolute Gasteiger partial charge is 0.432 e. The van der Waals surface area contributed by atoms with E-state index in [1.54, 1.807) is 36.5 Å². The third kappa shape index (κ3) is 2.79. The molecule has 5 rings (SSSR count). The van der Waals surface area contributed by atoms with Gasteiger partial charge in [0.2, 0.25) is 11.7 Å². The van der Waals surface area contributed by atoms with E-state index in [4.69, 9.17) is 4.42 Å². The average Bonchev–Trinajstić information content (AvgIpc) is 3.44. The number of aromatic amines is 1. The summed E-state index contributed by atoms with van der Waals surface area (Å²) >= 11 is 0. The van der Waals surface area contributed by atoms with Crippen LogP contribution in [0.3, 0.4) is 0 Å². The van der Waals surface area contributed by atoms with Crippen molar-refractivity contribution in [1.82, 2.24) is 29.5 Å². The number of imidazole rings is 1. The number of aryl methyl sites for hydroxylation is 1. The molecule has 4 aromatic heterocycles. The summed E-state index contributed by atoms with van der Waals surface area (Å²) in [4.78, 5) is 26.7. The number of aliphatic hydroxyl groups excluding tert-OH is 1. The van der Waals surface area contributed by atoms with Crippen LogP contribution in [0.1, 0.15) is 58.3 Å². The van der Waals surface area contributed by atoms with E-state index < -0.39 is 18.0 Å². The Kier molecular flexibility index (Phi) is 4.17. The lowest BCUT2D eigenvalue weighted by atomic mass is 9.99. The van der Waals surface area contributed by atoms with Crippen molar-refractivity contribution in [1.29, 1.82) is 0 Å². The molecule has 0 aliphatic carbocycles. The minimum Gasteiger partial charge on any atom is -0.432 e. The Morgan fingerprint density at radius 2 is 2.30 bits per heavy atom. The van der Waals surface area contributed by atoms with Crippen LogP contribution < -0.4 is 0 Å². The first-order chi connectivity index (χ1) is 14.4. The Morgan fingerprint density at radius 1 is 1.47 bits per heavy atom. The number of carbonyl (C=O) groups is 1. The summed E-state index contributed by atoms with van der Waals surface area (Å²) in [6, 6.07) is 3.93. The molecular weight excluding hydrogens is 391 g/mol. The number of oxazole rings is 1. The lowest BCUT2D eigenvalue weighted by Gasteiger charge is -2.33. The molecule has 30 heavy (non-hydrogen) atoms. The van der Waals surface area contributed by atoms with Gasteiger partial charge in [-0.2, -0.15) is 5.10 Å². The van der Waals surface area contributed by atoms with E-state index >= 15 is 0 Å². The smallest absolute Gasteiger partial charge is 0.292 e. The van der Waals surface area contributed by atoms with E-state index in [0.29, 0.717) is 35.6 Å². The van der Waals surface area contributed by atoms with Crippen LogP contribution in [-0.4, -0.2) is 47.0 Å². The minimum absolute atomic E-state index is 0.0600. The molecule has 1 aliphatic heterocycles. The zero-order chi connectivity index (χ0) is 21.0. The maximum Gasteiger partial charge on any atom is 0.292 e. The second-order valence-electron chi connectivity index (χ2n) is 7.32. The number of hydrogen-bond acceptors (Lipinski definition) is 6. The van der Waals surface area contributed by atoms with E-state index in [1.807, 2.05) is 0 Å². The van der Waals surface area contributed by atoms with Gasteiger partial charge in [0.15, 0.2) is 0 Å². The number of aromatic nitrogens is 5. The van der Waals surface area contributed by atoms with Crippen LogP contribution in [0.2, 0.25) is 0 Å². The van der Waals surface area contributed by atoms with Crippen LogP contribution in [0.15, 0.2) is 35.1 Å². The quantitative estimate of drug-likeness (QED) is 0.536. The van der Waals surface area contributed by atoms with Gasteiger partial charge in [0.25, 0.3) is 5.91 Å². The molecule has 0 radical (unpaired) electrons. The fourth-order valence-corrected chi connectivity index (χ4v) is 3.85. The number of rotatable bonds is 3. The number of hydrogen-bond donors (Lipinski definition) is 2. The summed E-state index contributed by atoms with van der Waals surface area (Å²) in [6.07, 6.45) is 2.88. The van der Waals surface area contributed by atoms with Crippen molar-refractivity contribution in [3.05, 3.63) is 71.0 Å². The second kappa shape index (κ2) is 6.77. The average molecular weight is 410 g/mol. The van der Waals surface area contributed by atoms with Crippen molar-refractivity contribution in [2.75, 3.05) is 6.54 Å². The Bertz CT molecular complexity index is 1260. The van der Waals surface area contributed by atoms with Crippen LogP contribution in [0.5, 0.6) is 0 Å². The lowest BCUT2D eigenvalue weighted by molar-refractivity contribution is 0.0644. The van der Waals surface area contributed by atoms with Crippen LogP contribution in [0, 0.1) is 12.7 Å². The molecule has 5 heterocycles. The number of aliphatic hydroxyl groups is 1. The van der Waals surface area contributed by atoms with Crippen molar-refractivity contribution in [3.63, 3.8) is 0 Å². The van der Waals surface area contributed by atoms with Crippen molar-refractivity contribution in [2.45, 2.75) is 32.4 Å². The molecule has 2 atom stereocenters. The first-order valence-corrected chi connectivity index (χ1v) is 9.56. The van der Waals surface area contributed by atoms with Gasteiger partial charge in [0.1, 0.15) is 23.5 Å². The number of halogens is 1. The van der Waals surface area contributed by atoms with Gasteiger partial charge in [0, 0.05) is 24.9 Å². The Morgan fingerprint density at radius 3 is 3.03 bits per heavy atom. The molecule has 1 unspecified atom stereocenters. The molecule has 154 valence electrons. The van der Waals surface area contributed by atoms with Crippen LogP contribution in [0.4, 0.5) is 4.39 Å². The van der Waals surface area contributed by atoms with Crippen molar-refractivity contribution < 1.29 is 18.7 Å². The van der Waals surface area contributed by atoms with Crippen LogP contribution in [0.25, 0.3) is 5.52 Å². The standard InChI is InChI=1S/C20H19FN6O3/c1-10-18(30-19(24-10)11(2)28)20(29)26-7-5-13-16(23-9-22-13)17(26)14-8-15-12(21)4-3-6-27(15)25-14/h3-4,6,8-9,11,17,28H,5,7H2,1-2H3,(H,22,23)/t11-,17?/m1/s1. The van der Waals surface area contributed by atoms with Crippen molar-refractivity contribution >= 4 is 11.4 Å². The molecule has 1 aliphatic rings. The number of H-pyrrole nitrogens is 1. The molecule has 0 bridgehead atoms. The zero-order valence-electron chi connectivity index (χ0n) is 16.3. The molecule has 0 saturated heterocycles. The Labute approximate surface area is 170 Å². The van der Waals surface area contributed by atoms with E-state index in [1.165, 1.54) is 17.5 Å². The maximum atomic E-state index is 14.2. The number of carbonyl (C=O) groups excluding carboxylic acids is 1. The summed E-state index contributed by atoms with van der Waals surface area (Å²) in [5, 5.41) is 14.2. The van der Waals surface area contributed by atoms with Crippen LogP contribution >= 0.6 is 0 Å². The second-order valence-corrected chi connectivity index (χ2v) is 7.32. The van der Waals surface area contributed by atoms with Gasteiger partial charge in [-0.15, -0.1) is 0 Å². The van der Waals surface area contributed by atoms with Gasteiger partial charge >= 0.3 is 0 Å². The fraction of sp³-hybridized carbons (Fsp3) is 0.300. The lowest BCUT2D eigenvalue weighted by Crippen LogP contribution is -2.41. The molecule has 0 saturated carbocycles. The van der Waals surface area contributed by atoms with E-state index in [-0.39, 0.29) is 17.6 Å². The highest BCUT2D eigenvalue weighted by molar-refractivity contribution is 5.93. The van der Waals surface area contributed by atoms with Crippen molar-refractivity contribution in [2.24, 2.45) is 0 Å². The summed E-state index contributed by atoms with van der Waals surface area (Å²) in [5.41, 5.74) is 2.76. The van der Waals surface area contributed by atoms with Gasteiger partial charge in [-0.1, -0.05) is 0 Å². The highest BCUT2D eigenvalue weighted by Crippen LogP contribution is 2.35. The van der Waals surface area contributed by atoms with Gasteiger partial charge in [-0.3, -0.25) is 4.79 Å². The van der Waals surface area contributed by atoms with Gasteiger partial charge < -0.3 is 19.4 Å². The molecule has 2 N–H and O–H groups in total. The highest BCUT2D eigenvalue weighted by atomic mass is 19.1.